The van der Waals surface area contributed by atoms with Crippen molar-refractivity contribution in [2.24, 2.45) is 5.73 Å². The first-order chi connectivity index (χ1) is 8.71. The minimum absolute atomic E-state index is 0.129. The van der Waals surface area contributed by atoms with Gasteiger partial charge in [-0.25, -0.2) is 4.79 Å². The molecule has 3 N–H and O–H groups in total. The fraction of sp³-hybridized carbons (Fsp3) is 0.417. The van der Waals surface area contributed by atoms with Crippen LogP contribution in [0, 0.1) is 0 Å². The highest BCUT2D eigenvalue weighted by Gasteiger charge is 2.07. The number of hydrogen-bond acceptors (Lipinski definition) is 5. The number of nitrogens with one attached hydrogen (secondary N) is 1. The van der Waals surface area contributed by atoms with E-state index in [2.05, 4.69) is 5.32 Å². The fourth-order valence-electron chi connectivity index (χ4n) is 1.34. The SMILES string of the molecule is COc1ccc(COC(=O)NCCN)c(OC)c1. The lowest BCUT2D eigenvalue weighted by atomic mass is 10.2. The van der Waals surface area contributed by atoms with Crippen molar-refractivity contribution in [3.63, 3.8) is 0 Å². The quantitative estimate of drug-likeness (QED) is 0.787. The van der Waals surface area contributed by atoms with Gasteiger partial charge in [0.2, 0.25) is 0 Å². The largest absolute Gasteiger partial charge is 0.497 e. The minimum atomic E-state index is -0.502. The Labute approximate surface area is 106 Å². The molecule has 0 unspecified atom stereocenters. The van der Waals surface area contributed by atoms with E-state index < -0.39 is 6.09 Å². The van der Waals surface area contributed by atoms with Crippen molar-refractivity contribution in [2.75, 3.05) is 27.3 Å². The molecule has 0 bridgehead atoms. The molecule has 1 amide bonds. The zero-order chi connectivity index (χ0) is 13.4. The molecule has 0 radical (unpaired) electrons. The minimum Gasteiger partial charge on any atom is -0.497 e. The zero-order valence-corrected chi connectivity index (χ0v) is 10.6. The van der Waals surface area contributed by atoms with E-state index in [1.54, 1.807) is 32.4 Å². The Morgan fingerprint density at radius 2 is 2.11 bits per heavy atom. The molecule has 6 nitrogen and oxygen atoms in total. The topological polar surface area (TPSA) is 82.8 Å². The number of ether oxygens (including phenoxy) is 3. The van der Waals surface area contributed by atoms with Crippen LogP contribution in [-0.4, -0.2) is 33.4 Å². The van der Waals surface area contributed by atoms with Gasteiger partial charge in [0, 0.05) is 24.7 Å². The number of carbonyl (C=O) groups is 1. The number of carbonyl (C=O) groups excluding carboxylic acids is 1. The van der Waals surface area contributed by atoms with E-state index in [4.69, 9.17) is 19.9 Å². The van der Waals surface area contributed by atoms with Crippen molar-refractivity contribution in [1.29, 1.82) is 0 Å². The third-order valence-corrected chi connectivity index (χ3v) is 2.27. The summed E-state index contributed by atoms with van der Waals surface area (Å²) in [6.07, 6.45) is -0.502. The van der Waals surface area contributed by atoms with E-state index in [1.807, 2.05) is 0 Å². The molecule has 0 heterocycles. The Morgan fingerprint density at radius 3 is 2.72 bits per heavy atom. The Morgan fingerprint density at radius 1 is 1.33 bits per heavy atom. The molecule has 1 aromatic rings. The molecule has 1 rings (SSSR count). The monoisotopic (exact) mass is 254 g/mol. The summed E-state index contributed by atoms with van der Waals surface area (Å²) in [5, 5.41) is 2.51. The predicted octanol–water partition coefficient (Wildman–Crippen LogP) is 0.889. The number of hydrogen-bond donors (Lipinski definition) is 2. The summed E-state index contributed by atoms with van der Waals surface area (Å²) in [4.78, 5) is 11.2. The van der Waals surface area contributed by atoms with Gasteiger partial charge in [0.15, 0.2) is 0 Å². The number of methoxy groups -OCH3 is 2. The summed E-state index contributed by atoms with van der Waals surface area (Å²) >= 11 is 0. The van der Waals surface area contributed by atoms with Crippen LogP contribution in [0.1, 0.15) is 5.56 Å². The molecule has 0 fully saturated rings. The van der Waals surface area contributed by atoms with Crippen molar-refractivity contribution < 1.29 is 19.0 Å². The summed E-state index contributed by atoms with van der Waals surface area (Å²) in [6.45, 7) is 0.892. The molecule has 0 aliphatic carbocycles. The maximum Gasteiger partial charge on any atom is 0.407 e. The van der Waals surface area contributed by atoms with E-state index in [1.165, 1.54) is 0 Å². The number of benzene rings is 1. The first-order valence-corrected chi connectivity index (χ1v) is 5.53. The number of alkyl carbamates (subject to hydrolysis) is 1. The van der Waals surface area contributed by atoms with Crippen molar-refractivity contribution in [3.8, 4) is 11.5 Å². The van der Waals surface area contributed by atoms with Crippen LogP contribution >= 0.6 is 0 Å². The standard InChI is InChI=1S/C12H18N2O4/c1-16-10-4-3-9(11(7-10)17-2)8-18-12(15)14-6-5-13/h3-4,7H,5-6,8,13H2,1-2H3,(H,14,15). The molecule has 0 aliphatic heterocycles. The van der Waals surface area contributed by atoms with E-state index >= 15 is 0 Å². The average molecular weight is 254 g/mol. The lowest BCUT2D eigenvalue weighted by molar-refractivity contribution is 0.139. The summed E-state index contributed by atoms with van der Waals surface area (Å²) in [5.74, 6) is 1.30. The highest BCUT2D eigenvalue weighted by Crippen LogP contribution is 2.25. The first-order valence-electron chi connectivity index (χ1n) is 5.53. The lowest BCUT2D eigenvalue weighted by Crippen LogP contribution is -2.29. The Kier molecular flexibility index (Phi) is 5.79. The summed E-state index contributed by atoms with van der Waals surface area (Å²) in [6, 6.07) is 5.30. The third kappa shape index (κ3) is 4.14. The Balaban J connectivity index is 2.58. The second kappa shape index (κ2) is 7.39. The van der Waals surface area contributed by atoms with Crippen LogP contribution in [0.3, 0.4) is 0 Å². The molecule has 0 aliphatic rings. The van der Waals surface area contributed by atoms with Crippen LogP contribution in [0.25, 0.3) is 0 Å². The lowest BCUT2D eigenvalue weighted by Gasteiger charge is -2.11. The number of amides is 1. The molecule has 1 aromatic carbocycles. The van der Waals surface area contributed by atoms with Gasteiger partial charge in [-0.3, -0.25) is 0 Å². The van der Waals surface area contributed by atoms with Gasteiger partial charge in [0.1, 0.15) is 18.1 Å². The van der Waals surface area contributed by atoms with Crippen LogP contribution in [0.2, 0.25) is 0 Å². The molecule has 18 heavy (non-hydrogen) atoms. The zero-order valence-electron chi connectivity index (χ0n) is 10.6. The van der Waals surface area contributed by atoms with E-state index in [0.29, 0.717) is 24.6 Å². The average Bonchev–Trinajstić information content (AvgIpc) is 2.42. The van der Waals surface area contributed by atoms with Crippen molar-refractivity contribution in [2.45, 2.75) is 6.61 Å². The van der Waals surface area contributed by atoms with Gasteiger partial charge < -0.3 is 25.3 Å². The molecule has 100 valence electrons. The molecule has 0 saturated carbocycles. The molecule has 0 aromatic heterocycles. The van der Waals surface area contributed by atoms with Crippen molar-refractivity contribution in [3.05, 3.63) is 23.8 Å². The number of nitrogens with two attached hydrogens (primary N) is 1. The fourth-order valence-corrected chi connectivity index (χ4v) is 1.34. The van der Waals surface area contributed by atoms with Crippen LogP contribution in [-0.2, 0) is 11.3 Å². The summed E-state index contributed by atoms with van der Waals surface area (Å²) in [5.41, 5.74) is 6.02. The molecule has 0 saturated heterocycles. The summed E-state index contributed by atoms with van der Waals surface area (Å²) in [7, 11) is 3.12. The maximum absolute atomic E-state index is 11.2. The normalized spacial score (nSPS) is 9.72. The van der Waals surface area contributed by atoms with Gasteiger partial charge in [-0.1, -0.05) is 0 Å². The van der Waals surface area contributed by atoms with Crippen molar-refractivity contribution >= 4 is 6.09 Å². The third-order valence-electron chi connectivity index (χ3n) is 2.27. The molecule has 6 heteroatoms. The molecule has 0 spiro atoms. The molecular weight excluding hydrogens is 236 g/mol. The van der Waals surface area contributed by atoms with Crippen LogP contribution in [0.5, 0.6) is 11.5 Å². The van der Waals surface area contributed by atoms with Gasteiger partial charge in [-0.05, 0) is 12.1 Å². The van der Waals surface area contributed by atoms with Gasteiger partial charge in [0.25, 0.3) is 0 Å². The van der Waals surface area contributed by atoms with Crippen LogP contribution < -0.4 is 20.5 Å². The molecular formula is C12H18N2O4. The van der Waals surface area contributed by atoms with Gasteiger partial charge in [0.05, 0.1) is 14.2 Å². The molecule has 0 atom stereocenters. The van der Waals surface area contributed by atoms with Gasteiger partial charge in [-0.15, -0.1) is 0 Å². The van der Waals surface area contributed by atoms with E-state index in [9.17, 15) is 4.79 Å². The Bertz CT molecular complexity index is 396. The highest BCUT2D eigenvalue weighted by atomic mass is 16.5. The van der Waals surface area contributed by atoms with Gasteiger partial charge in [-0.2, -0.15) is 0 Å². The highest BCUT2D eigenvalue weighted by molar-refractivity contribution is 5.67. The smallest absolute Gasteiger partial charge is 0.407 e. The van der Waals surface area contributed by atoms with Gasteiger partial charge >= 0.3 is 6.09 Å². The second-order valence-corrected chi connectivity index (χ2v) is 3.47. The van der Waals surface area contributed by atoms with Crippen molar-refractivity contribution in [1.82, 2.24) is 5.32 Å². The summed E-state index contributed by atoms with van der Waals surface area (Å²) < 4.78 is 15.3. The van der Waals surface area contributed by atoms with Crippen LogP contribution in [0.4, 0.5) is 4.79 Å². The predicted molar refractivity (Wildman–Crippen MR) is 66.8 cm³/mol. The maximum atomic E-state index is 11.2. The first kappa shape index (κ1) is 14.1. The number of rotatable bonds is 6. The second-order valence-electron chi connectivity index (χ2n) is 3.47. The Hall–Kier alpha value is -1.95. The van der Waals surface area contributed by atoms with E-state index in [-0.39, 0.29) is 6.61 Å². The van der Waals surface area contributed by atoms with E-state index in [0.717, 1.165) is 5.56 Å². The van der Waals surface area contributed by atoms with Crippen LogP contribution in [0.15, 0.2) is 18.2 Å².